The molecule has 12 heavy (non-hydrogen) atoms. The van der Waals surface area contributed by atoms with Crippen LogP contribution in [0.5, 0.6) is 0 Å². The summed E-state index contributed by atoms with van der Waals surface area (Å²) >= 11 is 0. The van der Waals surface area contributed by atoms with Crippen LogP contribution in [-0.4, -0.2) is 5.78 Å². The molecule has 0 aromatic heterocycles. The fourth-order valence-corrected chi connectivity index (χ4v) is 0.913. The number of hydrogen-bond donors (Lipinski definition) is 1. The summed E-state index contributed by atoms with van der Waals surface area (Å²) in [6, 6.07) is 4.94. The Kier molecular flexibility index (Phi) is 2.16. The maximum Gasteiger partial charge on any atom is 0.159 e. The lowest BCUT2D eigenvalue weighted by molar-refractivity contribution is 0.101. The highest BCUT2D eigenvalue weighted by molar-refractivity contribution is 5.95. The number of anilines is 1. The maximum absolute atomic E-state index is 10.9. The smallest absolute Gasteiger partial charge is 0.159 e. The minimum absolute atomic E-state index is 0.00901. The highest BCUT2D eigenvalue weighted by Gasteiger charge is 2.01. The normalized spacial score (nSPS) is 9.00. The van der Waals surface area contributed by atoms with Gasteiger partial charge in [0.15, 0.2) is 5.78 Å². The number of benzene rings is 1. The zero-order valence-electron chi connectivity index (χ0n) is 6.79. The SMILES string of the molecule is C#Cc1ccc(C(C)=O)cc1N. The molecule has 0 atom stereocenters. The highest BCUT2D eigenvalue weighted by atomic mass is 16.1. The first-order chi connectivity index (χ1) is 5.65. The Morgan fingerprint density at radius 3 is 2.67 bits per heavy atom. The average Bonchev–Trinajstić information content (AvgIpc) is 2.04. The van der Waals surface area contributed by atoms with E-state index in [1.807, 2.05) is 0 Å². The van der Waals surface area contributed by atoms with Gasteiger partial charge >= 0.3 is 0 Å². The summed E-state index contributed by atoms with van der Waals surface area (Å²) in [4.78, 5) is 10.9. The topological polar surface area (TPSA) is 43.1 Å². The van der Waals surface area contributed by atoms with E-state index in [2.05, 4.69) is 5.92 Å². The second kappa shape index (κ2) is 3.10. The third-order valence-electron chi connectivity index (χ3n) is 1.61. The zero-order valence-corrected chi connectivity index (χ0v) is 6.79. The van der Waals surface area contributed by atoms with Gasteiger partial charge in [0, 0.05) is 16.8 Å². The third kappa shape index (κ3) is 1.46. The molecule has 0 spiro atoms. The number of ketones is 1. The highest BCUT2D eigenvalue weighted by Crippen LogP contribution is 2.13. The first-order valence-corrected chi connectivity index (χ1v) is 3.52. The minimum atomic E-state index is -0.00901. The molecule has 0 aliphatic rings. The summed E-state index contributed by atoms with van der Waals surface area (Å²) in [6.07, 6.45) is 5.16. The van der Waals surface area contributed by atoms with Gasteiger partial charge in [0.2, 0.25) is 0 Å². The van der Waals surface area contributed by atoms with Gasteiger partial charge < -0.3 is 5.73 Å². The van der Waals surface area contributed by atoms with E-state index < -0.39 is 0 Å². The lowest BCUT2D eigenvalue weighted by atomic mass is 10.1. The number of rotatable bonds is 1. The van der Waals surface area contributed by atoms with Crippen molar-refractivity contribution in [3.8, 4) is 12.3 Å². The summed E-state index contributed by atoms with van der Waals surface area (Å²) in [5, 5.41) is 0. The molecule has 0 radical (unpaired) electrons. The maximum atomic E-state index is 10.9. The molecule has 1 aromatic carbocycles. The van der Waals surface area contributed by atoms with Crippen LogP contribution in [0.2, 0.25) is 0 Å². The van der Waals surface area contributed by atoms with E-state index in [1.165, 1.54) is 6.92 Å². The van der Waals surface area contributed by atoms with Gasteiger partial charge in [-0.2, -0.15) is 0 Å². The molecule has 0 saturated heterocycles. The van der Waals surface area contributed by atoms with Crippen molar-refractivity contribution >= 4 is 11.5 Å². The molecule has 0 fully saturated rings. The van der Waals surface area contributed by atoms with Crippen molar-refractivity contribution in [1.29, 1.82) is 0 Å². The number of terminal acetylenes is 1. The summed E-state index contributed by atoms with van der Waals surface area (Å²) in [6.45, 7) is 1.49. The average molecular weight is 159 g/mol. The zero-order chi connectivity index (χ0) is 9.14. The summed E-state index contributed by atoms with van der Waals surface area (Å²) in [7, 11) is 0. The van der Waals surface area contributed by atoms with Gasteiger partial charge in [-0.1, -0.05) is 12.0 Å². The van der Waals surface area contributed by atoms with Gasteiger partial charge in [0.05, 0.1) is 0 Å². The van der Waals surface area contributed by atoms with Crippen molar-refractivity contribution in [2.24, 2.45) is 0 Å². The van der Waals surface area contributed by atoms with Crippen LogP contribution in [0.4, 0.5) is 5.69 Å². The second-order valence-corrected chi connectivity index (χ2v) is 2.50. The summed E-state index contributed by atoms with van der Waals surface area (Å²) in [5.41, 5.74) is 7.27. The van der Waals surface area contributed by atoms with Gasteiger partial charge in [-0.3, -0.25) is 4.79 Å². The van der Waals surface area contributed by atoms with E-state index >= 15 is 0 Å². The Morgan fingerprint density at radius 1 is 1.58 bits per heavy atom. The van der Waals surface area contributed by atoms with Crippen LogP contribution in [0.3, 0.4) is 0 Å². The number of carbonyl (C=O) groups is 1. The van der Waals surface area contributed by atoms with Gasteiger partial charge in [-0.05, 0) is 19.1 Å². The standard InChI is InChI=1S/C10H9NO/c1-3-8-4-5-9(7(2)12)6-10(8)11/h1,4-6H,11H2,2H3. The van der Waals surface area contributed by atoms with Crippen LogP contribution < -0.4 is 5.73 Å². The second-order valence-electron chi connectivity index (χ2n) is 2.50. The van der Waals surface area contributed by atoms with Crippen molar-refractivity contribution in [2.45, 2.75) is 6.92 Å². The monoisotopic (exact) mass is 159 g/mol. The van der Waals surface area contributed by atoms with Gasteiger partial charge in [-0.25, -0.2) is 0 Å². The van der Waals surface area contributed by atoms with Crippen LogP contribution >= 0.6 is 0 Å². The van der Waals surface area contributed by atoms with Crippen LogP contribution in [0.15, 0.2) is 18.2 Å². The molecule has 2 nitrogen and oxygen atoms in total. The van der Waals surface area contributed by atoms with Crippen molar-refractivity contribution in [1.82, 2.24) is 0 Å². The first-order valence-electron chi connectivity index (χ1n) is 3.52. The number of hydrogen-bond acceptors (Lipinski definition) is 2. The molecular weight excluding hydrogens is 150 g/mol. The van der Waals surface area contributed by atoms with Crippen molar-refractivity contribution < 1.29 is 4.79 Å². The van der Waals surface area contributed by atoms with Crippen LogP contribution in [0, 0.1) is 12.3 Å². The van der Waals surface area contributed by atoms with E-state index in [9.17, 15) is 4.79 Å². The van der Waals surface area contributed by atoms with E-state index in [0.29, 0.717) is 16.8 Å². The third-order valence-corrected chi connectivity index (χ3v) is 1.61. The Balaban J connectivity index is 3.21. The molecule has 2 N–H and O–H groups in total. The lowest BCUT2D eigenvalue weighted by Gasteiger charge is -1.99. The minimum Gasteiger partial charge on any atom is -0.398 e. The molecule has 0 saturated carbocycles. The van der Waals surface area contributed by atoms with Gasteiger partial charge in [0.25, 0.3) is 0 Å². The molecule has 0 bridgehead atoms. The van der Waals surface area contributed by atoms with E-state index in [0.717, 1.165) is 0 Å². The first kappa shape index (κ1) is 8.35. The fourth-order valence-electron chi connectivity index (χ4n) is 0.913. The molecule has 0 unspecified atom stereocenters. The number of nitrogens with two attached hydrogens (primary N) is 1. The molecule has 0 heterocycles. The van der Waals surface area contributed by atoms with Gasteiger partial charge in [-0.15, -0.1) is 6.42 Å². The summed E-state index contributed by atoms with van der Waals surface area (Å²) < 4.78 is 0. The molecule has 1 rings (SSSR count). The summed E-state index contributed by atoms with van der Waals surface area (Å²) in [5.74, 6) is 2.42. The van der Waals surface area contributed by atoms with Crippen molar-refractivity contribution in [3.05, 3.63) is 29.3 Å². The van der Waals surface area contributed by atoms with Crippen LogP contribution in [0.1, 0.15) is 22.8 Å². The Hall–Kier alpha value is -1.75. The molecule has 60 valence electrons. The lowest BCUT2D eigenvalue weighted by Crippen LogP contribution is -1.96. The van der Waals surface area contributed by atoms with Crippen molar-refractivity contribution in [3.63, 3.8) is 0 Å². The van der Waals surface area contributed by atoms with E-state index in [1.54, 1.807) is 18.2 Å². The Labute approximate surface area is 71.4 Å². The van der Waals surface area contributed by atoms with Crippen LogP contribution in [-0.2, 0) is 0 Å². The quantitative estimate of drug-likeness (QED) is 0.383. The molecular formula is C10H9NO. The number of Topliss-reactive ketones (excluding diaryl/α,β-unsaturated/α-hetero) is 1. The fraction of sp³-hybridized carbons (Fsp3) is 0.100. The largest absolute Gasteiger partial charge is 0.398 e. The van der Waals surface area contributed by atoms with Gasteiger partial charge in [0.1, 0.15) is 0 Å². The Bertz CT molecular complexity index is 361. The predicted molar refractivity (Wildman–Crippen MR) is 48.8 cm³/mol. The number of nitrogen functional groups attached to an aromatic ring is 1. The molecule has 2 heteroatoms. The predicted octanol–water partition coefficient (Wildman–Crippen LogP) is 1.45. The Morgan fingerprint density at radius 2 is 2.25 bits per heavy atom. The van der Waals surface area contributed by atoms with Crippen LogP contribution in [0.25, 0.3) is 0 Å². The number of carbonyl (C=O) groups excluding carboxylic acids is 1. The van der Waals surface area contributed by atoms with Crippen molar-refractivity contribution in [2.75, 3.05) is 5.73 Å². The molecule has 0 amide bonds. The molecule has 0 aliphatic heterocycles. The van der Waals surface area contributed by atoms with E-state index in [-0.39, 0.29) is 5.78 Å². The van der Waals surface area contributed by atoms with E-state index in [4.69, 9.17) is 12.2 Å². The molecule has 0 aliphatic carbocycles. The molecule has 1 aromatic rings.